The molecule has 3 aromatic carbocycles. The number of aliphatic hydroxyl groups is 1. The third kappa shape index (κ3) is 6.37. The fourth-order valence-corrected chi connectivity index (χ4v) is 5.23. The molecule has 1 amide bonds. The van der Waals surface area contributed by atoms with Crippen LogP contribution in [0.2, 0.25) is 0 Å². The molecule has 45 heavy (non-hydrogen) atoms. The summed E-state index contributed by atoms with van der Waals surface area (Å²) >= 11 is 0. The fraction of sp³-hybridized carbons (Fsp3) is 0.229. The molecule has 0 bridgehead atoms. The van der Waals surface area contributed by atoms with Crippen LogP contribution in [0.4, 0.5) is 4.39 Å². The molecule has 2 N–H and O–H groups in total. The molecule has 0 aliphatic rings. The maximum absolute atomic E-state index is 15.3. The zero-order valence-corrected chi connectivity index (χ0v) is 25.6. The maximum atomic E-state index is 15.3. The highest BCUT2D eigenvalue weighted by molar-refractivity contribution is 5.86. The third-order valence-electron chi connectivity index (χ3n) is 7.67. The second-order valence-corrected chi connectivity index (χ2v) is 11.9. The van der Waals surface area contributed by atoms with E-state index in [0.29, 0.717) is 28.8 Å². The lowest BCUT2D eigenvalue weighted by Gasteiger charge is -2.20. The Morgan fingerprint density at radius 2 is 1.80 bits per heavy atom. The van der Waals surface area contributed by atoms with Crippen LogP contribution in [0.3, 0.4) is 0 Å². The number of hydrogen-bond donors (Lipinski definition) is 2. The predicted octanol–water partition coefficient (Wildman–Crippen LogP) is 4.47. The number of carbonyl (C=O) groups excluding carboxylic acids is 1. The summed E-state index contributed by atoms with van der Waals surface area (Å²) in [6.45, 7) is 9.17. The van der Waals surface area contributed by atoms with Crippen molar-refractivity contribution in [2.45, 2.75) is 45.8 Å². The van der Waals surface area contributed by atoms with Gasteiger partial charge in [-0.1, -0.05) is 63.7 Å². The number of amides is 1. The molecule has 230 valence electrons. The first kappa shape index (κ1) is 31.2. The number of aryl methyl sites for hydroxylation is 1. The van der Waals surface area contributed by atoms with Crippen molar-refractivity contribution in [3.63, 3.8) is 0 Å². The molecule has 10 heteroatoms. The van der Waals surface area contributed by atoms with Crippen molar-refractivity contribution in [2.75, 3.05) is 0 Å². The minimum atomic E-state index is -0.657. The normalized spacial score (nSPS) is 11.5. The van der Waals surface area contributed by atoms with E-state index in [2.05, 4.69) is 22.0 Å². The predicted molar refractivity (Wildman–Crippen MR) is 172 cm³/mol. The topological polar surface area (TPSA) is 119 Å². The summed E-state index contributed by atoms with van der Waals surface area (Å²) in [5.41, 5.74) is 2.93. The van der Waals surface area contributed by atoms with Crippen molar-refractivity contribution < 1.29 is 14.3 Å². The molecule has 0 saturated heterocycles. The van der Waals surface area contributed by atoms with E-state index in [1.165, 1.54) is 22.9 Å². The molecule has 0 fully saturated rings. The molecule has 0 unspecified atom stereocenters. The lowest BCUT2D eigenvalue weighted by atomic mass is 9.86. The van der Waals surface area contributed by atoms with Gasteiger partial charge in [-0.3, -0.25) is 14.4 Å². The first-order valence-corrected chi connectivity index (χ1v) is 14.4. The monoisotopic (exact) mass is 607 g/mol. The minimum Gasteiger partial charge on any atom is -0.392 e. The number of aromatic nitrogens is 4. The Balaban J connectivity index is 1.57. The number of hydrogen-bond acceptors (Lipinski definition) is 6. The summed E-state index contributed by atoms with van der Waals surface area (Å²) in [4.78, 5) is 43.0. The van der Waals surface area contributed by atoms with Crippen LogP contribution < -0.4 is 16.4 Å². The van der Waals surface area contributed by atoms with Crippen LogP contribution in [-0.2, 0) is 36.8 Å². The molecule has 2 heterocycles. The van der Waals surface area contributed by atoms with Crippen LogP contribution in [0.25, 0.3) is 27.7 Å². The molecular formula is C35H34FN5O4. The van der Waals surface area contributed by atoms with E-state index in [-0.39, 0.29) is 40.1 Å². The first-order chi connectivity index (χ1) is 21.4. The van der Waals surface area contributed by atoms with Gasteiger partial charge in [-0.05, 0) is 46.4 Å². The van der Waals surface area contributed by atoms with Gasteiger partial charge in [-0.2, -0.15) is 9.78 Å². The molecule has 0 aliphatic heterocycles. The Kier molecular flexibility index (Phi) is 8.61. The fourth-order valence-electron chi connectivity index (χ4n) is 5.23. The van der Waals surface area contributed by atoms with Crippen LogP contribution >= 0.6 is 0 Å². The summed E-state index contributed by atoms with van der Waals surface area (Å²) in [6.07, 6.45) is 4.43. The number of fused-ring (bicyclic) bond motifs is 1. The van der Waals surface area contributed by atoms with Gasteiger partial charge in [0.05, 0.1) is 29.6 Å². The molecule has 0 aliphatic carbocycles. The van der Waals surface area contributed by atoms with E-state index >= 15 is 4.39 Å². The maximum Gasteiger partial charge on any atom is 0.282 e. The minimum absolute atomic E-state index is 0.0962. The van der Waals surface area contributed by atoms with Crippen molar-refractivity contribution in [3.05, 3.63) is 134 Å². The van der Waals surface area contributed by atoms with Crippen molar-refractivity contribution in [1.82, 2.24) is 24.6 Å². The molecule has 5 aromatic rings. The molecule has 0 saturated carbocycles. The molecular weight excluding hydrogens is 573 g/mol. The highest BCUT2D eigenvalue weighted by atomic mass is 19.1. The second kappa shape index (κ2) is 12.4. The van der Waals surface area contributed by atoms with Gasteiger partial charge in [0, 0.05) is 42.7 Å². The van der Waals surface area contributed by atoms with Crippen molar-refractivity contribution >= 4 is 16.7 Å². The van der Waals surface area contributed by atoms with Crippen LogP contribution in [-0.4, -0.2) is 30.3 Å². The van der Waals surface area contributed by atoms with E-state index in [4.69, 9.17) is 0 Å². The Labute approximate surface area is 259 Å². The van der Waals surface area contributed by atoms with Gasteiger partial charge < -0.3 is 15.0 Å². The Morgan fingerprint density at radius 1 is 1.07 bits per heavy atom. The van der Waals surface area contributed by atoms with Crippen molar-refractivity contribution in [1.29, 1.82) is 0 Å². The zero-order valence-electron chi connectivity index (χ0n) is 25.6. The molecule has 0 spiro atoms. The van der Waals surface area contributed by atoms with Gasteiger partial charge in [0.15, 0.2) is 0 Å². The van der Waals surface area contributed by atoms with E-state index in [1.54, 1.807) is 37.5 Å². The van der Waals surface area contributed by atoms with Gasteiger partial charge in [0.2, 0.25) is 5.91 Å². The van der Waals surface area contributed by atoms with Gasteiger partial charge in [-0.25, -0.2) is 9.37 Å². The molecule has 0 radical (unpaired) electrons. The zero-order chi connectivity index (χ0) is 32.5. The molecule has 0 atom stereocenters. The van der Waals surface area contributed by atoms with E-state index in [9.17, 15) is 19.5 Å². The number of aliphatic hydroxyl groups excluding tert-OH is 1. The quantitative estimate of drug-likeness (QED) is 0.251. The van der Waals surface area contributed by atoms with Crippen molar-refractivity contribution in [3.8, 4) is 16.9 Å². The SMILES string of the molecule is C=CC(=O)NCc1cccc(Cc2nc(-c3cccc(-n4ncc5cc(C(C)(C)C)cc(F)c5c4=O)c3CO)cn(C)c2=O)c1. The highest BCUT2D eigenvalue weighted by Gasteiger charge is 2.21. The number of halogens is 1. The van der Waals surface area contributed by atoms with Crippen LogP contribution in [0.1, 0.15) is 48.7 Å². The standard InChI is InChI=1S/C35H34FN5O4/c1-6-31(43)37-17-22-10-7-9-21(13-22)14-28-33(44)40(5)19-29(39-28)25-11-8-12-30(26(25)20-42)41-34(45)32-23(18-38-41)15-24(16-27(32)36)35(2,3)4/h6-13,15-16,18-19,42H,1,14,17,20H2,2-5H3,(H,37,43). The molecule has 9 nitrogen and oxygen atoms in total. The highest BCUT2D eigenvalue weighted by Crippen LogP contribution is 2.29. The Morgan fingerprint density at radius 3 is 2.51 bits per heavy atom. The number of carbonyl (C=O) groups is 1. The smallest absolute Gasteiger partial charge is 0.282 e. The lowest BCUT2D eigenvalue weighted by Crippen LogP contribution is -2.25. The largest absolute Gasteiger partial charge is 0.392 e. The summed E-state index contributed by atoms with van der Waals surface area (Å²) in [6, 6.07) is 15.6. The molecule has 2 aromatic heterocycles. The third-order valence-corrected chi connectivity index (χ3v) is 7.67. The second-order valence-electron chi connectivity index (χ2n) is 11.9. The van der Waals surface area contributed by atoms with Gasteiger partial charge in [-0.15, -0.1) is 0 Å². The van der Waals surface area contributed by atoms with E-state index in [0.717, 1.165) is 21.4 Å². The average Bonchev–Trinajstić information content (AvgIpc) is 3.01. The summed E-state index contributed by atoms with van der Waals surface area (Å²) in [5, 5.41) is 17.9. The lowest BCUT2D eigenvalue weighted by molar-refractivity contribution is -0.116. The van der Waals surface area contributed by atoms with E-state index < -0.39 is 18.0 Å². The number of nitrogens with zero attached hydrogens (tertiary/aromatic N) is 4. The van der Waals surface area contributed by atoms with Gasteiger partial charge in [0.25, 0.3) is 11.1 Å². The Bertz CT molecular complexity index is 2070. The van der Waals surface area contributed by atoms with Gasteiger partial charge >= 0.3 is 0 Å². The summed E-state index contributed by atoms with van der Waals surface area (Å²) < 4.78 is 17.8. The van der Waals surface area contributed by atoms with E-state index in [1.807, 2.05) is 45.0 Å². The molecule has 5 rings (SSSR count). The van der Waals surface area contributed by atoms with Crippen LogP contribution in [0, 0.1) is 5.82 Å². The van der Waals surface area contributed by atoms with Crippen LogP contribution in [0.5, 0.6) is 0 Å². The summed E-state index contributed by atoms with van der Waals surface area (Å²) in [5.74, 6) is -0.927. The average molecular weight is 608 g/mol. The Hall–Kier alpha value is -5.22. The number of rotatable bonds is 8. The van der Waals surface area contributed by atoms with Gasteiger partial charge in [0.1, 0.15) is 11.5 Å². The summed E-state index contributed by atoms with van der Waals surface area (Å²) in [7, 11) is 1.62. The van der Waals surface area contributed by atoms with Crippen LogP contribution in [0.15, 0.2) is 89.2 Å². The number of nitrogens with one attached hydrogen (secondary N) is 1. The number of benzene rings is 3. The van der Waals surface area contributed by atoms with Crippen molar-refractivity contribution in [2.24, 2.45) is 7.05 Å². The first-order valence-electron chi connectivity index (χ1n) is 14.4.